The van der Waals surface area contributed by atoms with Crippen molar-refractivity contribution in [3.8, 4) is 0 Å². The first-order valence-corrected chi connectivity index (χ1v) is 31.5. The Morgan fingerprint density at radius 1 is 0.276 bits per heavy atom. The zero-order valence-electron chi connectivity index (χ0n) is 49.5. The van der Waals surface area contributed by atoms with E-state index in [4.69, 9.17) is 14.2 Å². The third-order valence-electron chi connectivity index (χ3n) is 13.2. The van der Waals surface area contributed by atoms with Gasteiger partial charge in [0.15, 0.2) is 6.10 Å². The molecular weight excluding hydrogens is 937 g/mol. The van der Waals surface area contributed by atoms with Crippen LogP contribution in [0.15, 0.2) is 122 Å². The van der Waals surface area contributed by atoms with Crippen molar-refractivity contribution in [2.75, 3.05) is 13.2 Å². The number of hydrogen-bond acceptors (Lipinski definition) is 6. The second-order valence-corrected chi connectivity index (χ2v) is 20.6. The van der Waals surface area contributed by atoms with Gasteiger partial charge in [0, 0.05) is 19.3 Å². The molecule has 432 valence electrons. The molecule has 0 fully saturated rings. The quantitative estimate of drug-likeness (QED) is 0.0261. The Labute approximate surface area is 469 Å². The average molecular weight is 1050 g/mol. The van der Waals surface area contributed by atoms with Crippen LogP contribution >= 0.6 is 0 Å². The summed E-state index contributed by atoms with van der Waals surface area (Å²) >= 11 is 0. The minimum absolute atomic E-state index is 0.0908. The fourth-order valence-electron chi connectivity index (χ4n) is 8.43. The lowest BCUT2D eigenvalue weighted by Crippen LogP contribution is -2.30. The molecular formula is C70H116O6. The molecule has 0 aliphatic rings. The van der Waals surface area contributed by atoms with Gasteiger partial charge in [-0.3, -0.25) is 14.4 Å². The molecule has 1 atom stereocenters. The number of esters is 3. The van der Waals surface area contributed by atoms with Crippen LogP contribution in [0.2, 0.25) is 0 Å². The molecule has 0 aromatic carbocycles. The molecule has 0 saturated heterocycles. The van der Waals surface area contributed by atoms with Crippen molar-refractivity contribution in [1.29, 1.82) is 0 Å². The van der Waals surface area contributed by atoms with E-state index < -0.39 is 6.10 Å². The smallest absolute Gasteiger partial charge is 0.306 e. The van der Waals surface area contributed by atoms with E-state index >= 15 is 0 Å². The van der Waals surface area contributed by atoms with Gasteiger partial charge in [0.2, 0.25) is 0 Å². The van der Waals surface area contributed by atoms with Crippen molar-refractivity contribution in [1.82, 2.24) is 0 Å². The summed E-state index contributed by atoms with van der Waals surface area (Å²) in [7, 11) is 0. The highest BCUT2D eigenvalue weighted by Gasteiger charge is 2.19. The van der Waals surface area contributed by atoms with E-state index in [0.717, 1.165) is 135 Å². The van der Waals surface area contributed by atoms with Gasteiger partial charge >= 0.3 is 17.9 Å². The summed E-state index contributed by atoms with van der Waals surface area (Å²) in [6.45, 7) is 6.45. The lowest BCUT2D eigenvalue weighted by Gasteiger charge is -2.18. The molecule has 0 spiro atoms. The fraction of sp³-hybridized carbons (Fsp3) is 0.671. The van der Waals surface area contributed by atoms with E-state index in [9.17, 15) is 14.4 Å². The fourth-order valence-corrected chi connectivity index (χ4v) is 8.43. The van der Waals surface area contributed by atoms with E-state index in [1.54, 1.807) is 0 Å². The van der Waals surface area contributed by atoms with Crippen LogP contribution in [0, 0.1) is 0 Å². The largest absolute Gasteiger partial charge is 0.462 e. The van der Waals surface area contributed by atoms with Crippen LogP contribution in [-0.4, -0.2) is 37.2 Å². The van der Waals surface area contributed by atoms with Crippen LogP contribution in [0.25, 0.3) is 0 Å². The Morgan fingerprint density at radius 2 is 0.526 bits per heavy atom. The van der Waals surface area contributed by atoms with Crippen molar-refractivity contribution in [2.45, 2.75) is 290 Å². The van der Waals surface area contributed by atoms with E-state index in [-0.39, 0.29) is 31.1 Å². The predicted octanol–water partition coefficient (Wildman–Crippen LogP) is 21.6. The Balaban J connectivity index is 4.32. The average Bonchev–Trinajstić information content (AvgIpc) is 3.42. The lowest BCUT2D eigenvalue weighted by molar-refractivity contribution is -0.167. The highest BCUT2D eigenvalue weighted by atomic mass is 16.6. The molecule has 1 unspecified atom stereocenters. The van der Waals surface area contributed by atoms with Gasteiger partial charge in [0.05, 0.1) is 0 Å². The normalized spacial score (nSPS) is 12.9. The van der Waals surface area contributed by atoms with Crippen molar-refractivity contribution in [3.63, 3.8) is 0 Å². The zero-order chi connectivity index (χ0) is 55.0. The molecule has 0 amide bonds. The number of carbonyl (C=O) groups is 3. The maximum atomic E-state index is 12.9. The minimum atomic E-state index is -0.794. The Hall–Kier alpha value is -4.19. The number of hydrogen-bond donors (Lipinski definition) is 0. The summed E-state index contributed by atoms with van der Waals surface area (Å²) in [6, 6.07) is 0. The predicted molar refractivity (Wildman–Crippen MR) is 330 cm³/mol. The number of unbranched alkanes of at least 4 members (excludes halogenated alkanes) is 25. The summed E-state index contributed by atoms with van der Waals surface area (Å²) in [6.07, 6.45) is 87.7. The number of rotatable bonds is 56. The van der Waals surface area contributed by atoms with Crippen LogP contribution in [0.4, 0.5) is 0 Å². The van der Waals surface area contributed by atoms with Gasteiger partial charge in [-0.1, -0.05) is 258 Å². The van der Waals surface area contributed by atoms with Gasteiger partial charge in [-0.2, -0.15) is 0 Å². The van der Waals surface area contributed by atoms with Crippen molar-refractivity contribution in [2.24, 2.45) is 0 Å². The first-order valence-electron chi connectivity index (χ1n) is 31.5. The molecule has 76 heavy (non-hydrogen) atoms. The monoisotopic (exact) mass is 1050 g/mol. The molecule has 0 aliphatic carbocycles. The molecule has 6 heteroatoms. The second kappa shape index (κ2) is 63.3. The van der Waals surface area contributed by atoms with Gasteiger partial charge in [-0.15, -0.1) is 0 Å². The first kappa shape index (κ1) is 71.8. The van der Waals surface area contributed by atoms with Crippen molar-refractivity contribution >= 4 is 17.9 Å². The lowest BCUT2D eigenvalue weighted by atomic mass is 10.1. The van der Waals surface area contributed by atoms with E-state index in [0.29, 0.717) is 19.3 Å². The summed E-state index contributed by atoms with van der Waals surface area (Å²) in [5.41, 5.74) is 0. The molecule has 0 bridgehead atoms. The van der Waals surface area contributed by atoms with Gasteiger partial charge in [-0.25, -0.2) is 0 Å². The minimum Gasteiger partial charge on any atom is -0.462 e. The molecule has 0 aromatic rings. The summed E-state index contributed by atoms with van der Waals surface area (Å²) in [5.74, 6) is -0.917. The van der Waals surface area contributed by atoms with E-state index in [1.165, 1.54) is 109 Å². The van der Waals surface area contributed by atoms with Crippen molar-refractivity contribution < 1.29 is 28.6 Å². The highest BCUT2D eigenvalue weighted by molar-refractivity contribution is 5.71. The van der Waals surface area contributed by atoms with Gasteiger partial charge in [0.25, 0.3) is 0 Å². The first-order chi connectivity index (χ1) is 37.5. The van der Waals surface area contributed by atoms with Gasteiger partial charge in [0.1, 0.15) is 13.2 Å². The number of carbonyl (C=O) groups excluding carboxylic acids is 3. The molecule has 0 heterocycles. The van der Waals surface area contributed by atoms with Crippen molar-refractivity contribution in [3.05, 3.63) is 122 Å². The Morgan fingerprint density at radius 3 is 0.855 bits per heavy atom. The number of ether oxygens (including phenoxy) is 3. The SMILES string of the molecule is CC/C=C\C/C=C\C/C=C\C/C=C\C/C=C\C/C=C\C/C=C\CCCCCCCCCC(=O)OCC(COC(=O)CCCCCCC/C=C\CCCC)OC(=O)CCCCCCCCC/C=C\C/C=C\CCCCCC. The third-order valence-corrected chi connectivity index (χ3v) is 13.2. The highest BCUT2D eigenvalue weighted by Crippen LogP contribution is 2.15. The molecule has 0 aromatic heterocycles. The second-order valence-electron chi connectivity index (χ2n) is 20.6. The van der Waals surface area contributed by atoms with E-state index in [2.05, 4.69) is 142 Å². The maximum Gasteiger partial charge on any atom is 0.306 e. The summed E-state index contributed by atoms with van der Waals surface area (Å²) in [4.78, 5) is 38.2. The third kappa shape index (κ3) is 60.7. The molecule has 0 saturated carbocycles. The van der Waals surface area contributed by atoms with Crippen LogP contribution in [0.1, 0.15) is 284 Å². The molecule has 6 nitrogen and oxygen atoms in total. The topological polar surface area (TPSA) is 78.9 Å². The van der Waals surface area contributed by atoms with Crippen LogP contribution in [0.3, 0.4) is 0 Å². The van der Waals surface area contributed by atoms with Gasteiger partial charge < -0.3 is 14.2 Å². The number of allylic oxidation sites excluding steroid dienone is 20. The molecule has 0 aliphatic heterocycles. The van der Waals surface area contributed by atoms with E-state index in [1.807, 2.05) is 0 Å². The van der Waals surface area contributed by atoms with Crippen LogP contribution < -0.4 is 0 Å². The van der Waals surface area contributed by atoms with Crippen LogP contribution in [0.5, 0.6) is 0 Å². The Bertz CT molecular complexity index is 1590. The maximum absolute atomic E-state index is 12.9. The van der Waals surface area contributed by atoms with Gasteiger partial charge in [-0.05, 0) is 128 Å². The standard InChI is InChI=1S/C70H116O6/c1-4-7-10-13-16-19-22-24-26-28-30-31-32-33-34-35-36-37-38-39-40-42-43-45-48-51-54-57-60-63-69(72)75-66-67(65-74-68(71)62-59-56-53-50-47-21-18-15-12-9-6-3)76-70(73)64-61-58-55-52-49-46-44-41-29-27-25-23-20-17-14-11-8-5-2/h7,10,15-16,18-20,23-24,26-27,29-31,33-34,36-37,39-40,67H,4-6,8-9,11-14,17,21-22,25,28,32,35,38,41-66H2,1-3H3/b10-7-,18-15-,19-16-,23-20-,26-24-,29-27-,31-30-,34-33-,37-36-,40-39-. The zero-order valence-corrected chi connectivity index (χ0v) is 49.5. The molecule has 0 rings (SSSR count). The summed E-state index contributed by atoms with van der Waals surface area (Å²) in [5, 5.41) is 0. The molecule has 0 radical (unpaired) electrons. The summed E-state index contributed by atoms with van der Waals surface area (Å²) < 4.78 is 16.9. The Kier molecular flexibility index (Phi) is 59.9. The van der Waals surface area contributed by atoms with Crippen LogP contribution in [-0.2, 0) is 28.6 Å². The molecule has 0 N–H and O–H groups in total.